The molecule has 2 aromatic rings. The van der Waals surface area contributed by atoms with E-state index in [0.717, 1.165) is 16.9 Å². The first-order valence-corrected chi connectivity index (χ1v) is 8.85. The van der Waals surface area contributed by atoms with Gasteiger partial charge in [0.05, 0.1) is 0 Å². The molecular weight excluding hydrogens is 334 g/mol. The Bertz CT molecular complexity index is 744. The lowest BCUT2D eigenvalue weighted by molar-refractivity contribution is -0.126. The molecule has 0 saturated heterocycles. The molecule has 2 rings (SSSR count). The lowest BCUT2D eigenvalue weighted by Crippen LogP contribution is -2.44. The smallest absolute Gasteiger partial charge is 0.268 e. The van der Waals surface area contributed by atoms with Gasteiger partial charge in [0.25, 0.3) is 11.8 Å². The first-order chi connectivity index (χ1) is 12.1. The Hall–Kier alpha value is -2.78. The molecular formula is C19H19N3O2S. The second-order valence-electron chi connectivity index (χ2n) is 5.32. The summed E-state index contributed by atoms with van der Waals surface area (Å²) in [7, 11) is 1.39. The van der Waals surface area contributed by atoms with Crippen LogP contribution in [0.3, 0.4) is 0 Å². The summed E-state index contributed by atoms with van der Waals surface area (Å²) in [5.74, 6) is -0.128. The first-order valence-electron chi connectivity index (χ1n) is 7.80. The van der Waals surface area contributed by atoms with Gasteiger partial charge in [0.2, 0.25) is 0 Å². The van der Waals surface area contributed by atoms with E-state index >= 15 is 0 Å². The largest absolute Gasteiger partial charge is 0.332 e. The van der Waals surface area contributed by atoms with Crippen LogP contribution in [0.1, 0.15) is 15.9 Å². The Morgan fingerprint density at radius 2 is 1.72 bits per heavy atom. The SMILES string of the molecule is CN(C#N)C(=O)C(NC(=O)c1ccccc1)SCCc1ccccc1. The predicted octanol–water partition coefficient (Wildman–Crippen LogP) is 2.66. The maximum atomic E-state index is 12.4. The van der Waals surface area contributed by atoms with Gasteiger partial charge in [-0.1, -0.05) is 48.5 Å². The van der Waals surface area contributed by atoms with Crippen LogP contribution >= 0.6 is 11.8 Å². The lowest BCUT2D eigenvalue weighted by atomic mass is 10.2. The Balaban J connectivity index is 2.01. The number of hydrogen-bond acceptors (Lipinski definition) is 4. The van der Waals surface area contributed by atoms with Crippen LogP contribution < -0.4 is 5.32 Å². The van der Waals surface area contributed by atoms with Crippen molar-refractivity contribution in [3.63, 3.8) is 0 Å². The number of aryl methyl sites for hydroxylation is 1. The van der Waals surface area contributed by atoms with Crippen molar-refractivity contribution in [3.8, 4) is 6.19 Å². The molecule has 0 aliphatic rings. The number of nitriles is 1. The zero-order valence-corrected chi connectivity index (χ0v) is 14.7. The minimum atomic E-state index is -0.805. The lowest BCUT2D eigenvalue weighted by Gasteiger charge is -2.19. The van der Waals surface area contributed by atoms with E-state index in [0.29, 0.717) is 11.3 Å². The number of benzene rings is 2. The maximum absolute atomic E-state index is 12.4. The van der Waals surface area contributed by atoms with Crippen molar-refractivity contribution in [2.45, 2.75) is 11.8 Å². The number of thioether (sulfide) groups is 1. The number of amides is 2. The minimum absolute atomic E-state index is 0.336. The van der Waals surface area contributed by atoms with Crippen LogP contribution in [0, 0.1) is 11.5 Å². The van der Waals surface area contributed by atoms with E-state index in [1.165, 1.54) is 18.8 Å². The molecule has 0 fully saturated rings. The molecule has 5 nitrogen and oxygen atoms in total. The van der Waals surface area contributed by atoms with Crippen LogP contribution in [0.15, 0.2) is 60.7 Å². The number of hydrogen-bond donors (Lipinski definition) is 1. The predicted molar refractivity (Wildman–Crippen MR) is 98.7 cm³/mol. The van der Waals surface area contributed by atoms with Gasteiger partial charge in [-0.05, 0) is 29.9 Å². The van der Waals surface area contributed by atoms with E-state index in [2.05, 4.69) is 5.32 Å². The van der Waals surface area contributed by atoms with E-state index in [1.54, 1.807) is 30.5 Å². The van der Waals surface area contributed by atoms with E-state index in [-0.39, 0.29) is 5.91 Å². The standard InChI is InChI=1S/C19H19N3O2S/c1-22(14-20)19(24)18(21-17(23)16-10-6-3-7-11-16)25-13-12-15-8-4-2-5-9-15/h2-11,18H,12-13H2,1H3,(H,21,23). The monoisotopic (exact) mass is 353 g/mol. The summed E-state index contributed by atoms with van der Waals surface area (Å²) in [5.41, 5.74) is 1.63. The molecule has 0 heterocycles. The second-order valence-corrected chi connectivity index (χ2v) is 6.54. The number of nitrogens with zero attached hydrogens (tertiary/aromatic N) is 2. The highest BCUT2D eigenvalue weighted by atomic mass is 32.2. The van der Waals surface area contributed by atoms with Crippen LogP contribution in [0.25, 0.3) is 0 Å². The summed E-state index contributed by atoms with van der Waals surface area (Å²) >= 11 is 1.32. The quantitative estimate of drug-likeness (QED) is 0.472. The van der Waals surface area contributed by atoms with E-state index in [1.807, 2.05) is 36.4 Å². The summed E-state index contributed by atoms with van der Waals surface area (Å²) in [6, 6.07) is 18.6. The third kappa shape index (κ3) is 5.66. The normalized spacial score (nSPS) is 11.2. The maximum Gasteiger partial charge on any atom is 0.268 e. The van der Waals surface area contributed by atoms with Crippen LogP contribution in [0.2, 0.25) is 0 Å². The second kappa shape index (κ2) is 9.50. The fourth-order valence-corrected chi connectivity index (χ4v) is 3.21. The van der Waals surface area contributed by atoms with E-state index < -0.39 is 11.3 Å². The molecule has 1 unspecified atom stereocenters. The molecule has 1 atom stereocenters. The van der Waals surface area contributed by atoms with Crippen LogP contribution in [-0.2, 0) is 11.2 Å². The summed E-state index contributed by atoms with van der Waals surface area (Å²) in [6.45, 7) is 0. The number of carbonyl (C=O) groups is 2. The minimum Gasteiger partial charge on any atom is -0.332 e. The number of likely N-dealkylation sites (N-methyl/N-ethyl adjacent to an activating group) is 1. The summed E-state index contributed by atoms with van der Waals surface area (Å²) in [4.78, 5) is 25.6. The van der Waals surface area contributed by atoms with Gasteiger partial charge in [0.15, 0.2) is 11.6 Å². The Morgan fingerprint density at radius 1 is 1.12 bits per heavy atom. The summed E-state index contributed by atoms with van der Waals surface area (Å²) < 4.78 is 0. The molecule has 6 heteroatoms. The molecule has 128 valence electrons. The van der Waals surface area contributed by atoms with Gasteiger partial charge in [0.1, 0.15) is 0 Å². The van der Waals surface area contributed by atoms with Gasteiger partial charge in [-0.2, -0.15) is 5.26 Å². The van der Waals surface area contributed by atoms with Crippen molar-refractivity contribution in [3.05, 3.63) is 71.8 Å². The average Bonchev–Trinajstić information content (AvgIpc) is 2.67. The molecule has 2 aromatic carbocycles. The third-order valence-corrected chi connectivity index (χ3v) is 4.61. The van der Waals surface area contributed by atoms with Crippen molar-refractivity contribution in [1.29, 1.82) is 5.26 Å². The van der Waals surface area contributed by atoms with Gasteiger partial charge in [0, 0.05) is 12.6 Å². The van der Waals surface area contributed by atoms with Gasteiger partial charge in [-0.25, -0.2) is 4.90 Å². The zero-order chi connectivity index (χ0) is 18.1. The topological polar surface area (TPSA) is 73.2 Å². The molecule has 2 amide bonds. The van der Waals surface area contributed by atoms with Crippen LogP contribution in [0.5, 0.6) is 0 Å². The molecule has 0 saturated carbocycles. The fourth-order valence-electron chi connectivity index (χ4n) is 2.13. The first kappa shape index (κ1) is 18.6. The fraction of sp³-hybridized carbons (Fsp3) is 0.211. The Kier molecular flexibility index (Phi) is 7.05. The van der Waals surface area contributed by atoms with Crippen molar-refractivity contribution in [1.82, 2.24) is 10.2 Å². The van der Waals surface area contributed by atoms with Crippen molar-refractivity contribution >= 4 is 23.6 Å². The third-order valence-electron chi connectivity index (χ3n) is 3.52. The number of carbonyl (C=O) groups excluding carboxylic acids is 2. The molecule has 0 bridgehead atoms. The van der Waals surface area contributed by atoms with Crippen LogP contribution in [-0.4, -0.2) is 34.9 Å². The summed E-state index contributed by atoms with van der Waals surface area (Å²) in [6.07, 6.45) is 2.56. The molecule has 0 aromatic heterocycles. The highest BCUT2D eigenvalue weighted by Crippen LogP contribution is 2.15. The number of nitrogens with one attached hydrogen (secondary N) is 1. The highest BCUT2D eigenvalue weighted by Gasteiger charge is 2.24. The van der Waals surface area contributed by atoms with Gasteiger partial charge >= 0.3 is 0 Å². The van der Waals surface area contributed by atoms with E-state index in [4.69, 9.17) is 5.26 Å². The Labute approximate surface area is 151 Å². The molecule has 0 aliphatic carbocycles. The Morgan fingerprint density at radius 3 is 2.32 bits per heavy atom. The molecule has 0 radical (unpaired) electrons. The van der Waals surface area contributed by atoms with Crippen molar-refractivity contribution in [2.24, 2.45) is 0 Å². The average molecular weight is 353 g/mol. The molecule has 25 heavy (non-hydrogen) atoms. The molecule has 0 aliphatic heterocycles. The van der Waals surface area contributed by atoms with Crippen LogP contribution in [0.4, 0.5) is 0 Å². The molecule has 0 spiro atoms. The van der Waals surface area contributed by atoms with E-state index in [9.17, 15) is 9.59 Å². The van der Waals surface area contributed by atoms with Crippen molar-refractivity contribution < 1.29 is 9.59 Å². The molecule has 1 N–H and O–H groups in total. The zero-order valence-electron chi connectivity index (χ0n) is 13.9. The van der Waals surface area contributed by atoms with Gasteiger partial charge < -0.3 is 5.32 Å². The van der Waals surface area contributed by atoms with Gasteiger partial charge in [-0.15, -0.1) is 11.8 Å². The highest BCUT2D eigenvalue weighted by molar-refractivity contribution is 8.00. The van der Waals surface area contributed by atoms with Gasteiger partial charge in [-0.3, -0.25) is 9.59 Å². The number of rotatable bonds is 7. The summed E-state index contributed by atoms with van der Waals surface area (Å²) in [5, 5.41) is 10.9. The van der Waals surface area contributed by atoms with Crippen molar-refractivity contribution in [2.75, 3.05) is 12.8 Å².